The summed E-state index contributed by atoms with van der Waals surface area (Å²) in [5.41, 5.74) is 0.240. The van der Waals surface area contributed by atoms with Crippen molar-refractivity contribution < 1.29 is 28.6 Å². The molecule has 1 aliphatic rings. The maximum atomic E-state index is 12.2. The summed E-state index contributed by atoms with van der Waals surface area (Å²) in [6.07, 6.45) is 1.02. The Balaban J connectivity index is 2.01. The zero-order valence-electron chi connectivity index (χ0n) is 14.3. The number of carbonyl (C=O) groups excluding carboxylic acids is 3. The van der Waals surface area contributed by atoms with E-state index in [0.29, 0.717) is 11.4 Å². The molecule has 0 radical (unpaired) electrons. The topological polar surface area (TPSA) is 91.8 Å². The molecular formula is C17H21NO6. The summed E-state index contributed by atoms with van der Waals surface area (Å²) < 4.78 is 15.4. The molecule has 130 valence electrons. The Morgan fingerprint density at radius 2 is 2.08 bits per heavy atom. The average molecular weight is 335 g/mol. The Bertz CT molecular complexity index is 662. The van der Waals surface area contributed by atoms with E-state index in [4.69, 9.17) is 9.47 Å². The lowest BCUT2D eigenvalue weighted by Gasteiger charge is -2.25. The van der Waals surface area contributed by atoms with Crippen LogP contribution in [0.2, 0.25) is 0 Å². The van der Waals surface area contributed by atoms with Crippen LogP contribution in [0.15, 0.2) is 12.3 Å². The van der Waals surface area contributed by atoms with Crippen molar-refractivity contribution in [2.24, 2.45) is 0 Å². The van der Waals surface area contributed by atoms with Crippen LogP contribution >= 0.6 is 0 Å². The fraction of sp³-hybridized carbons (Fsp3) is 0.529. The van der Waals surface area contributed by atoms with Crippen molar-refractivity contribution in [3.8, 4) is 5.88 Å². The molecule has 7 heteroatoms. The Labute approximate surface area is 140 Å². The van der Waals surface area contributed by atoms with Gasteiger partial charge in [-0.3, -0.25) is 9.59 Å². The van der Waals surface area contributed by atoms with Gasteiger partial charge in [0.15, 0.2) is 11.9 Å². The van der Waals surface area contributed by atoms with E-state index in [1.807, 2.05) is 0 Å². The third kappa shape index (κ3) is 4.53. The summed E-state index contributed by atoms with van der Waals surface area (Å²) in [5.74, 6) is -0.755. The predicted octanol–water partition coefficient (Wildman–Crippen LogP) is 1.86. The maximum absolute atomic E-state index is 12.2. The van der Waals surface area contributed by atoms with Crippen molar-refractivity contribution in [3.63, 3.8) is 0 Å². The van der Waals surface area contributed by atoms with E-state index in [9.17, 15) is 14.4 Å². The van der Waals surface area contributed by atoms with Gasteiger partial charge in [-0.1, -0.05) is 0 Å². The van der Waals surface area contributed by atoms with E-state index in [2.05, 4.69) is 9.72 Å². The number of rotatable bonds is 4. The van der Waals surface area contributed by atoms with Crippen LogP contribution in [0.1, 0.15) is 49.5 Å². The third-order valence-electron chi connectivity index (χ3n) is 3.35. The Hall–Kier alpha value is -2.44. The van der Waals surface area contributed by atoms with Crippen LogP contribution in [0, 0.1) is 0 Å². The smallest absolute Gasteiger partial charge is 0.339 e. The van der Waals surface area contributed by atoms with Gasteiger partial charge in [0.25, 0.3) is 0 Å². The molecule has 0 saturated heterocycles. The van der Waals surface area contributed by atoms with E-state index >= 15 is 0 Å². The van der Waals surface area contributed by atoms with E-state index < -0.39 is 17.7 Å². The van der Waals surface area contributed by atoms with Gasteiger partial charge >= 0.3 is 11.9 Å². The van der Waals surface area contributed by atoms with Gasteiger partial charge in [0.2, 0.25) is 5.88 Å². The second kappa shape index (κ2) is 6.98. The van der Waals surface area contributed by atoms with Crippen LogP contribution in [0.5, 0.6) is 5.88 Å². The highest BCUT2D eigenvalue weighted by molar-refractivity contribution is 5.91. The molecule has 1 aromatic heterocycles. The summed E-state index contributed by atoms with van der Waals surface area (Å²) in [7, 11) is 1.27. The molecule has 0 aliphatic carbocycles. The fourth-order valence-corrected chi connectivity index (χ4v) is 2.32. The van der Waals surface area contributed by atoms with Gasteiger partial charge in [0.1, 0.15) is 5.60 Å². The molecule has 1 aliphatic heterocycles. The van der Waals surface area contributed by atoms with Crippen molar-refractivity contribution >= 4 is 17.7 Å². The molecule has 1 atom stereocenters. The number of aromatic nitrogens is 1. The lowest BCUT2D eigenvalue weighted by molar-refractivity contribution is -0.155. The number of esters is 2. The fourth-order valence-electron chi connectivity index (χ4n) is 2.32. The van der Waals surface area contributed by atoms with E-state index in [0.717, 1.165) is 0 Å². The molecule has 0 bridgehead atoms. The van der Waals surface area contributed by atoms with Gasteiger partial charge in [0.05, 0.1) is 12.7 Å². The molecular weight excluding hydrogens is 314 g/mol. The Morgan fingerprint density at radius 3 is 2.71 bits per heavy atom. The summed E-state index contributed by atoms with van der Waals surface area (Å²) >= 11 is 0. The van der Waals surface area contributed by atoms with Gasteiger partial charge in [0, 0.05) is 31.0 Å². The second-order valence-corrected chi connectivity index (χ2v) is 6.55. The SMILES string of the molecule is COC(=O)c1cnc2c(c1)CC(=O)[C@H](CCC(=O)OC(C)(C)C)O2. The molecule has 0 fully saturated rings. The molecule has 0 aromatic carbocycles. The number of pyridine rings is 1. The first-order valence-corrected chi connectivity index (χ1v) is 7.68. The first-order chi connectivity index (χ1) is 11.2. The number of carbonyl (C=O) groups is 3. The summed E-state index contributed by atoms with van der Waals surface area (Å²) in [6.45, 7) is 5.35. The lowest BCUT2D eigenvalue weighted by atomic mass is 9.99. The van der Waals surface area contributed by atoms with Gasteiger partial charge in [-0.25, -0.2) is 9.78 Å². The molecule has 2 rings (SSSR count). The molecule has 0 amide bonds. The molecule has 7 nitrogen and oxygen atoms in total. The van der Waals surface area contributed by atoms with Gasteiger partial charge in [-0.05, 0) is 26.8 Å². The lowest BCUT2D eigenvalue weighted by Crippen LogP contribution is -2.35. The standard InChI is InChI=1S/C17H21NO6/c1-17(2,3)24-14(20)6-5-13-12(19)8-10-7-11(16(21)22-4)9-18-15(10)23-13/h7,9,13H,5-6,8H2,1-4H3/t13-/m0/s1. The Kier molecular flexibility index (Phi) is 5.21. The minimum atomic E-state index is -0.735. The summed E-state index contributed by atoms with van der Waals surface area (Å²) in [6, 6.07) is 1.54. The molecule has 0 N–H and O–H groups in total. The quantitative estimate of drug-likeness (QED) is 0.775. The zero-order valence-corrected chi connectivity index (χ0v) is 14.3. The number of ketones is 1. The van der Waals surface area contributed by atoms with Crippen LogP contribution in [0.4, 0.5) is 0 Å². The largest absolute Gasteiger partial charge is 0.466 e. The Morgan fingerprint density at radius 1 is 1.38 bits per heavy atom. The van der Waals surface area contributed by atoms with Crippen molar-refractivity contribution in [2.75, 3.05) is 7.11 Å². The van der Waals surface area contributed by atoms with Crippen LogP contribution in [0.3, 0.4) is 0 Å². The van der Waals surface area contributed by atoms with Crippen LogP contribution in [-0.4, -0.2) is 41.5 Å². The normalized spacial score (nSPS) is 16.8. The van der Waals surface area contributed by atoms with Crippen LogP contribution in [0.25, 0.3) is 0 Å². The van der Waals surface area contributed by atoms with Crippen LogP contribution < -0.4 is 4.74 Å². The number of Topliss-reactive ketones (excluding diaryl/α,β-unsaturated/α-hetero) is 1. The molecule has 2 heterocycles. The van der Waals surface area contributed by atoms with Crippen LogP contribution in [-0.2, 0) is 25.5 Å². The average Bonchev–Trinajstić information content (AvgIpc) is 2.49. The number of ether oxygens (including phenoxy) is 3. The highest BCUT2D eigenvalue weighted by Crippen LogP contribution is 2.26. The molecule has 0 saturated carbocycles. The van der Waals surface area contributed by atoms with Crippen molar-refractivity contribution in [3.05, 3.63) is 23.4 Å². The molecule has 0 unspecified atom stereocenters. The van der Waals surface area contributed by atoms with E-state index in [1.54, 1.807) is 20.8 Å². The van der Waals surface area contributed by atoms with E-state index in [1.165, 1.54) is 19.4 Å². The third-order valence-corrected chi connectivity index (χ3v) is 3.35. The summed E-state index contributed by atoms with van der Waals surface area (Å²) in [5, 5.41) is 0. The number of methoxy groups -OCH3 is 1. The molecule has 0 spiro atoms. The van der Waals surface area contributed by atoms with Gasteiger partial charge < -0.3 is 14.2 Å². The van der Waals surface area contributed by atoms with Gasteiger partial charge in [-0.15, -0.1) is 0 Å². The number of hydrogen-bond acceptors (Lipinski definition) is 7. The minimum Gasteiger partial charge on any atom is -0.466 e. The van der Waals surface area contributed by atoms with Gasteiger partial charge in [-0.2, -0.15) is 0 Å². The number of hydrogen-bond donors (Lipinski definition) is 0. The highest BCUT2D eigenvalue weighted by Gasteiger charge is 2.30. The molecule has 1 aromatic rings. The van der Waals surface area contributed by atoms with Crippen molar-refractivity contribution in [1.29, 1.82) is 0 Å². The van der Waals surface area contributed by atoms with Crippen molar-refractivity contribution in [1.82, 2.24) is 4.98 Å². The maximum Gasteiger partial charge on any atom is 0.339 e. The zero-order chi connectivity index (χ0) is 17.9. The second-order valence-electron chi connectivity index (χ2n) is 6.55. The minimum absolute atomic E-state index is 0.0866. The molecule has 24 heavy (non-hydrogen) atoms. The number of fused-ring (bicyclic) bond motifs is 1. The van der Waals surface area contributed by atoms with E-state index in [-0.39, 0.29) is 36.6 Å². The monoisotopic (exact) mass is 335 g/mol. The number of nitrogens with zero attached hydrogens (tertiary/aromatic N) is 1. The summed E-state index contributed by atoms with van der Waals surface area (Å²) in [4.78, 5) is 39.5. The highest BCUT2D eigenvalue weighted by atomic mass is 16.6. The van der Waals surface area contributed by atoms with Crippen molar-refractivity contribution in [2.45, 2.75) is 51.7 Å². The predicted molar refractivity (Wildman–Crippen MR) is 83.8 cm³/mol. The first kappa shape index (κ1) is 17.9. The first-order valence-electron chi connectivity index (χ1n) is 7.68.